The summed E-state index contributed by atoms with van der Waals surface area (Å²) in [7, 11) is 0. The van der Waals surface area contributed by atoms with Crippen LogP contribution >= 0.6 is 23.2 Å². The summed E-state index contributed by atoms with van der Waals surface area (Å²) in [4.78, 5) is 0. The normalized spacial score (nSPS) is 22.9. The van der Waals surface area contributed by atoms with Crippen molar-refractivity contribution >= 4 is 23.2 Å². The van der Waals surface area contributed by atoms with Gasteiger partial charge in [0.1, 0.15) is 24.4 Å². The Bertz CT molecular complexity index is 990. The van der Waals surface area contributed by atoms with Crippen molar-refractivity contribution < 1.29 is 19.3 Å². The van der Waals surface area contributed by atoms with Gasteiger partial charge in [0.2, 0.25) is 0 Å². The van der Waals surface area contributed by atoms with Gasteiger partial charge in [-0.3, -0.25) is 0 Å². The molecule has 3 aromatic rings. The van der Waals surface area contributed by atoms with E-state index in [-0.39, 0.29) is 0 Å². The average Bonchev–Trinajstić information content (AvgIpc) is 3.10. The summed E-state index contributed by atoms with van der Waals surface area (Å²) in [6.07, 6.45) is -2.22. The Kier molecular flexibility index (Phi) is 7.84. The molecule has 168 valence electrons. The molecule has 6 heteroatoms. The van der Waals surface area contributed by atoms with Crippen LogP contribution in [0.5, 0.6) is 0 Å². The van der Waals surface area contributed by atoms with Crippen LogP contribution in [0, 0.1) is 6.92 Å². The van der Waals surface area contributed by atoms with E-state index >= 15 is 0 Å². The van der Waals surface area contributed by atoms with E-state index in [0.717, 1.165) is 22.3 Å². The molecule has 1 aliphatic rings. The summed E-state index contributed by atoms with van der Waals surface area (Å²) < 4.78 is 18.3. The molecule has 0 radical (unpaired) electrons. The minimum Gasteiger partial charge on any atom is -0.387 e. The molecule has 0 amide bonds. The molecule has 0 saturated carbocycles. The molecule has 1 fully saturated rings. The number of aliphatic hydroxyl groups is 1. The molecule has 1 saturated heterocycles. The van der Waals surface area contributed by atoms with E-state index in [1.165, 1.54) is 0 Å². The highest BCUT2D eigenvalue weighted by Crippen LogP contribution is 2.36. The number of benzene rings is 3. The molecule has 1 N–H and O–H groups in total. The zero-order valence-electron chi connectivity index (χ0n) is 17.8. The maximum Gasteiger partial charge on any atom is 0.115 e. The Labute approximate surface area is 198 Å². The molecule has 3 aromatic carbocycles. The Hall–Kier alpha value is -1.92. The first-order chi connectivity index (χ1) is 15.5. The molecular formula is C26H26Cl2O4. The highest BCUT2D eigenvalue weighted by atomic mass is 35.5. The minimum atomic E-state index is -0.811. The number of ether oxygens (including phenoxy) is 3. The number of hydrogen-bond donors (Lipinski definition) is 1. The first-order valence-electron chi connectivity index (χ1n) is 10.6. The Morgan fingerprint density at radius 1 is 0.812 bits per heavy atom. The Balaban J connectivity index is 1.44. The van der Waals surface area contributed by atoms with Gasteiger partial charge in [0.25, 0.3) is 0 Å². The number of halogens is 2. The fourth-order valence-corrected chi connectivity index (χ4v) is 4.01. The van der Waals surface area contributed by atoms with Crippen LogP contribution in [0.4, 0.5) is 0 Å². The lowest BCUT2D eigenvalue weighted by molar-refractivity contribution is -0.0769. The standard InChI is InChI=1S/C26H26Cl2O4/c1-17-2-8-20(9-3-17)25-24(29)26(31-15-19-6-12-22(28)13-7-19)23(32-25)16-30-14-18-4-10-21(27)11-5-18/h2-13,23-26,29H,14-16H2,1H3/t23-,24+,25+,26+/m0/s1. The van der Waals surface area contributed by atoms with Gasteiger partial charge in [0.15, 0.2) is 0 Å². The van der Waals surface area contributed by atoms with Gasteiger partial charge in [-0.2, -0.15) is 0 Å². The van der Waals surface area contributed by atoms with E-state index in [4.69, 9.17) is 37.4 Å². The quantitative estimate of drug-likeness (QED) is 0.442. The third-order valence-corrected chi connectivity index (χ3v) is 6.06. The van der Waals surface area contributed by atoms with Gasteiger partial charge in [-0.05, 0) is 47.9 Å². The summed E-state index contributed by atoms with van der Waals surface area (Å²) in [5.74, 6) is 0. The first kappa shape index (κ1) is 23.2. The van der Waals surface area contributed by atoms with Gasteiger partial charge >= 0.3 is 0 Å². The van der Waals surface area contributed by atoms with Crippen LogP contribution in [0.1, 0.15) is 28.4 Å². The number of aryl methyl sites for hydroxylation is 1. The zero-order chi connectivity index (χ0) is 22.5. The Morgan fingerprint density at radius 3 is 1.97 bits per heavy atom. The summed E-state index contributed by atoms with van der Waals surface area (Å²) >= 11 is 11.9. The average molecular weight is 473 g/mol. The molecule has 4 nitrogen and oxygen atoms in total. The summed E-state index contributed by atoms with van der Waals surface area (Å²) in [5, 5.41) is 12.4. The smallest absolute Gasteiger partial charge is 0.115 e. The monoisotopic (exact) mass is 472 g/mol. The van der Waals surface area contributed by atoms with Gasteiger partial charge in [-0.15, -0.1) is 0 Å². The molecule has 0 aliphatic carbocycles. The third kappa shape index (κ3) is 5.90. The molecule has 1 heterocycles. The topological polar surface area (TPSA) is 47.9 Å². The Morgan fingerprint density at radius 2 is 1.38 bits per heavy atom. The molecular weight excluding hydrogens is 447 g/mol. The van der Waals surface area contributed by atoms with Crippen LogP contribution in [0.3, 0.4) is 0 Å². The predicted octanol–water partition coefficient (Wildman–Crippen LogP) is 5.90. The maximum absolute atomic E-state index is 11.1. The van der Waals surface area contributed by atoms with Crippen LogP contribution in [0.25, 0.3) is 0 Å². The second-order valence-electron chi connectivity index (χ2n) is 8.04. The molecule has 32 heavy (non-hydrogen) atoms. The van der Waals surface area contributed by atoms with Crippen LogP contribution in [0.15, 0.2) is 72.8 Å². The van der Waals surface area contributed by atoms with Crippen molar-refractivity contribution in [1.82, 2.24) is 0 Å². The lowest BCUT2D eigenvalue weighted by Crippen LogP contribution is -2.36. The van der Waals surface area contributed by atoms with Crippen molar-refractivity contribution in [2.75, 3.05) is 6.61 Å². The molecule has 0 spiro atoms. The van der Waals surface area contributed by atoms with Crippen LogP contribution in [-0.2, 0) is 27.4 Å². The molecule has 4 atom stereocenters. The largest absolute Gasteiger partial charge is 0.387 e. The summed E-state index contributed by atoms with van der Waals surface area (Å²) in [6, 6.07) is 23.0. The van der Waals surface area contributed by atoms with Crippen molar-refractivity contribution in [3.05, 3.63) is 105 Å². The van der Waals surface area contributed by atoms with E-state index in [0.29, 0.717) is 29.9 Å². The van der Waals surface area contributed by atoms with Gasteiger partial charge in [0.05, 0.1) is 19.8 Å². The predicted molar refractivity (Wildman–Crippen MR) is 126 cm³/mol. The van der Waals surface area contributed by atoms with E-state index in [9.17, 15) is 5.11 Å². The van der Waals surface area contributed by atoms with E-state index in [1.807, 2.05) is 79.7 Å². The van der Waals surface area contributed by atoms with Crippen molar-refractivity contribution in [3.63, 3.8) is 0 Å². The van der Waals surface area contributed by atoms with Crippen LogP contribution in [-0.4, -0.2) is 30.0 Å². The number of aliphatic hydroxyl groups excluding tert-OH is 1. The second-order valence-corrected chi connectivity index (χ2v) is 8.91. The highest BCUT2D eigenvalue weighted by molar-refractivity contribution is 6.30. The van der Waals surface area contributed by atoms with E-state index < -0.39 is 24.4 Å². The van der Waals surface area contributed by atoms with Gasteiger partial charge in [-0.25, -0.2) is 0 Å². The zero-order valence-corrected chi connectivity index (χ0v) is 19.3. The fourth-order valence-electron chi connectivity index (χ4n) is 3.76. The SMILES string of the molecule is Cc1ccc([C@H]2O[C@@H](COCc3ccc(Cl)cc3)[C@@H](OCc3ccc(Cl)cc3)[C@@H]2O)cc1. The molecule has 0 aromatic heterocycles. The van der Waals surface area contributed by atoms with Gasteiger partial charge < -0.3 is 19.3 Å². The van der Waals surface area contributed by atoms with Crippen molar-refractivity contribution in [3.8, 4) is 0 Å². The first-order valence-corrected chi connectivity index (χ1v) is 11.3. The van der Waals surface area contributed by atoms with Crippen molar-refractivity contribution in [2.24, 2.45) is 0 Å². The summed E-state index contributed by atoms with van der Waals surface area (Å²) in [5.41, 5.74) is 4.06. The van der Waals surface area contributed by atoms with E-state index in [1.54, 1.807) is 0 Å². The maximum atomic E-state index is 11.1. The van der Waals surface area contributed by atoms with Gasteiger partial charge in [0, 0.05) is 10.0 Å². The van der Waals surface area contributed by atoms with Crippen LogP contribution in [0.2, 0.25) is 10.0 Å². The van der Waals surface area contributed by atoms with Crippen LogP contribution < -0.4 is 0 Å². The third-order valence-electron chi connectivity index (χ3n) is 5.56. The second kappa shape index (κ2) is 10.8. The summed E-state index contributed by atoms with van der Waals surface area (Å²) in [6.45, 7) is 3.09. The van der Waals surface area contributed by atoms with Gasteiger partial charge in [-0.1, -0.05) is 77.3 Å². The number of rotatable bonds is 8. The molecule has 0 bridgehead atoms. The number of hydrogen-bond acceptors (Lipinski definition) is 4. The van der Waals surface area contributed by atoms with Crippen molar-refractivity contribution in [1.29, 1.82) is 0 Å². The molecule has 0 unspecified atom stereocenters. The lowest BCUT2D eigenvalue weighted by atomic mass is 10.0. The van der Waals surface area contributed by atoms with E-state index in [2.05, 4.69) is 0 Å². The molecule has 4 rings (SSSR count). The highest BCUT2D eigenvalue weighted by Gasteiger charge is 2.45. The fraction of sp³-hybridized carbons (Fsp3) is 0.308. The lowest BCUT2D eigenvalue weighted by Gasteiger charge is -2.21. The minimum absolute atomic E-state index is 0.299. The molecule has 1 aliphatic heterocycles. The van der Waals surface area contributed by atoms with Crippen molar-refractivity contribution in [2.45, 2.75) is 44.6 Å².